The van der Waals surface area contributed by atoms with E-state index >= 15 is 0 Å². The highest BCUT2D eigenvalue weighted by Crippen LogP contribution is 2.23. The van der Waals surface area contributed by atoms with Gasteiger partial charge in [-0.15, -0.1) is 0 Å². The number of aromatic nitrogens is 2. The van der Waals surface area contributed by atoms with Crippen LogP contribution in [-0.2, 0) is 16.0 Å². The summed E-state index contributed by atoms with van der Waals surface area (Å²) in [6.45, 7) is 5.67. The lowest BCUT2D eigenvalue weighted by atomic mass is 10.2. The van der Waals surface area contributed by atoms with Crippen molar-refractivity contribution in [1.82, 2.24) is 9.66 Å². The number of hydrogen-bond donors (Lipinski definition) is 0. The zero-order valence-corrected chi connectivity index (χ0v) is 21.0. The van der Waals surface area contributed by atoms with Crippen LogP contribution in [0.1, 0.15) is 45.0 Å². The Balaban J connectivity index is 2.04. The molecule has 0 saturated carbocycles. The average molecular weight is 535 g/mol. The highest BCUT2D eigenvalue weighted by atomic mass is 79.9. The van der Waals surface area contributed by atoms with Crippen molar-refractivity contribution in [2.75, 3.05) is 6.61 Å². The predicted octanol–water partition coefficient (Wildman–Crippen LogP) is 5.37. The Hall–Kier alpha value is -2.71. The number of benzene rings is 2. The van der Waals surface area contributed by atoms with Crippen LogP contribution < -0.4 is 10.3 Å². The van der Waals surface area contributed by atoms with Gasteiger partial charge in [0, 0.05) is 21.5 Å². The molecule has 0 N–H and O–H groups in total. The van der Waals surface area contributed by atoms with E-state index in [2.05, 4.69) is 32.9 Å². The van der Waals surface area contributed by atoms with Crippen LogP contribution in [0.4, 0.5) is 0 Å². The molecule has 7 nitrogen and oxygen atoms in total. The third-order valence-electron chi connectivity index (χ3n) is 4.84. The highest BCUT2D eigenvalue weighted by molar-refractivity contribution is 9.10. The van der Waals surface area contributed by atoms with E-state index in [1.807, 2.05) is 12.1 Å². The van der Waals surface area contributed by atoms with Gasteiger partial charge in [-0.05, 0) is 56.7 Å². The van der Waals surface area contributed by atoms with Crippen molar-refractivity contribution >= 4 is 50.6 Å². The summed E-state index contributed by atoms with van der Waals surface area (Å²) in [4.78, 5) is 29.9. The first kappa shape index (κ1) is 24.9. The summed E-state index contributed by atoms with van der Waals surface area (Å²) in [5, 5.41) is 5.37. The van der Waals surface area contributed by atoms with Crippen LogP contribution in [-0.4, -0.2) is 34.6 Å². The Bertz CT molecular complexity index is 1240. The SMILES string of the molecule is CCCCc1nc2ccc(Br)cc2c(=O)n1N=Cc1cc(Cl)ccc1O[C@H](C)C(=O)OCC. The minimum Gasteiger partial charge on any atom is -0.478 e. The van der Waals surface area contributed by atoms with Gasteiger partial charge in [-0.2, -0.15) is 9.78 Å². The number of aryl methyl sites for hydroxylation is 1. The van der Waals surface area contributed by atoms with Gasteiger partial charge in [-0.25, -0.2) is 9.78 Å². The number of ether oxygens (including phenoxy) is 2. The van der Waals surface area contributed by atoms with Crippen molar-refractivity contribution < 1.29 is 14.3 Å². The first-order chi connectivity index (χ1) is 15.8. The fourth-order valence-electron chi connectivity index (χ4n) is 3.16. The van der Waals surface area contributed by atoms with Gasteiger partial charge in [-0.1, -0.05) is 40.9 Å². The van der Waals surface area contributed by atoms with E-state index in [0.29, 0.717) is 39.5 Å². The lowest BCUT2D eigenvalue weighted by Gasteiger charge is -2.15. The van der Waals surface area contributed by atoms with Crippen LogP contribution in [0.25, 0.3) is 10.9 Å². The summed E-state index contributed by atoms with van der Waals surface area (Å²) in [6.07, 6.45) is 3.10. The van der Waals surface area contributed by atoms with Crippen LogP contribution >= 0.6 is 27.5 Å². The molecule has 0 aliphatic rings. The lowest BCUT2D eigenvalue weighted by Crippen LogP contribution is -2.26. The molecular formula is C24H25BrClN3O4. The molecular weight excluding hydrogens is 510 g/mol. The Morgan fingerprint density at radius 2 is 2.06 bits per heavy atom. The molecule has 0 spiro atoms. The number of nitrogens with zero attached hydrogens (tertiary/aromatic N) is 3. The van der Waals surface area contributed by atoms with Gasteiger partial charge in [0.05, 0.1) is 23.7 Å². The van der Waals surface area contributed by atoms with Gasteiger partial charge >= 0.3 is 5.97 Å². The molecule has 1 atom stereocenters. The van der Waals surface area contributed by atoms with E-state index in [0.717, 1.165) is 17.3 Å². The maximum atomic E-state index is 13.2. The van der Waals surface area contributed by atoms with Crippen molar-refractivity contribution in [3.8, 4) is 5.75 Å². The normalized spacial score (nSPS) is 12.3. The maximum Gasteiger partial charge on any atom is 0.347 e. The molecule has 0 saturated heterocycles. The number of esters is 1. The van der Waals surface area contributed by atoms with E-state index in [4.69, 9.17) is 21.1 Å². The molecule has 174 valence electrons. The number of unbranched alkanes of at least 4 members (excludes halogenated alkanes) is 1. The summed E-state index contributed by atoms with van der Waals surface area (Å²) in [6, 6.07) is 10.3. The zero-order valence-electron chi connectivity index (χ0n) is 18.7. The number of halogens is 2. The molecule has 1 aromatic heterocycles. The minimum atomic E-state index is -0.819. The van der Waals surface area contributed by atoms with E-state index < -0.39 is 12.1 Å². The van der Waals surface area contributed by atoms with Gasteiger partial charge in [0.2, 0.25) is 0 Å². The molecule has 0 bridgehead atoms. The highest BCUT2D eigenvalue weighted by Gasteiger charge is 2.17. The largest absolute Gasteiger partial charge is 0.478 e. The maximum absolute atomic E-state index is 13.2. The summed E-state index contributed by atoms with van der Waals surface area (Å²) in [5.74, 6) is 0.485. The van der Waals surface area contributed by atoms with Crippen LogP contribution in [0, 0.1) is 0 Å². The smallest absolute Gasteiger partial charge is 0.347 e. The van der Waals surface area contributed by atoms with Crippen molar-refractivity contribution in [2.24, 2.45) is 5.10 Å². The number of carbonyl (C=O) groups is 1. The third-order valence-corrected chi connectivity index (χ3v) is 5.56. The fourth-order valence-corrected chi connectivity index (χ4v) is 3.70. The molecule has 1 heterocycles. The number of fused-ring (bicyclic) bond motifs is 1. The molecule has 3 rings (SSSR count). The Kier molecular flexibility index (Phi) is 8.63. The molecule has 0 amide bonds. The van der Waals surface area contributed by atoms with Gasteiger partial charge in [-0.3, -0.25) is 4.79 Å². The van der Waals surface area contributed by atoms with E-state index in [-0.39, 0.29) is 12.2 Å². The molecule has 9 heteroatoms. The average Bonchev–Trinajstić information content (AvgIpc) is 2.79. The summed E-state index contributed by atoms with van der Waals surface area (Å²) in [5.41, 5.74) is 0.866. The second-order valence-corrected chi connectivity index (χ2v) is 8.70. The number of carbonyl (C=O) groups excluding carboxylic acids is 1. The van der Waals surface area contributed by atoms with Crippen molar-refractivity contribution in [3.05, 3.63) is 67.6 Å². The third kappa shape index (κ3) is 6.21. The van der Waals surface area contributed by atoms with E-state index in [1.54, 1.807) is 38.1 Å². The fraction of sp³-hybridized carbons (Fsp3) is 0.333. The van der Waals surface area contributed by atoms with Crippen LogP contribution in [0.3, 0.4) is 0 Å². The molecule has 0 fully saturated rings. The lowest BCUT2D eigenvalue weighted by molar-refractivity contribution is -0.150. The predicted molar refractivity (Wildman–Crippen MR) is 133 cm³/mol. The van der Waals surface area contributed by atoms with E-state index in [9.17, 15) is 9.59 Å². The summed E-state index contributed by atoms with van der Waals surface area (Å²) in [7, 11) is 0. The van der Waals surface area contributed by atoms with Crippen molar-refractivity contribution in [1.29, 1.82) is 0 Å². The molecule has 3 aromatic rings. The standard InChI is InChI=1S/C24H25BrClN3O4/c1-4-6-7-22-28-20-10-8-17(25)13-19(20)23(30)29(22)27-14-16-12-18(26)9-11-21(16)33-15(3)24(31)32-5-2/h8-15H,4-7H2,1-3H3/t15-/m1/s1. The number of rotatable bonds is 9. The first-order valence-electron chi connectivity index (χ1n) is 10.7. The van der Waals surface area contributed by atoms with Gasteiger partial charge < -0.3 is 9.47 Å². The second-order valence-electron chi connectivity index (χ2n) is 7.35. The zero-order chi connectivity index (χ0) is 24.0. The van der Waals surface area contributed by atoms with Crippen molar-refractivity contribution in [2.45, 2.75) is 46.1 Å². The first-order valence-corrected chi connectivity index (χ1v) is 11.9. The van der Waals surface area contributed by atoms with Crippen LogP contribution in [0.2, 0.25) is 5.02 Å². The second kappa shape index (κ2) is 11.4. The molecule has 0 aliphatic heterocycles. The Morgan fingerprint density at radius 3 is 2.79 bits per heavy atom. The minimum absolute atomic E-state index is 0.260. The van der Waals surface area contributed by atoms with Gasteiger partial charge in [0.15, 0.2) is 6.10 Å². The molecule has 2 aromatic carbocycles. The molecule has 33 heavy (non-hydrogen) atoms. The van der Waals surface area contributed by atoms with Gasteiger partial charge in [0.25, 0.3) is 5.56 Å². The topological polar surface area (TPSA) is 82.8 Å². The summed E-state index contributed by atoms with van der Waals surface area (Å²) >= 11 is 9.59. The molecule has 0 radical (unpaired) electrons. The number of hydrogen-bond acceptors (Lipinski definition) is 6. The van der Waals surface area contributed by atoms with E-state index in [1.165, 1.54) is 10.9 Å². The molecule has 0 aliphatic carbocycles. The van der Waals surface area contributed by atoms with Crippen LogP contribution in [0.5, 0.6) is 5.75 Å². The Morgan fingerprint density at radius 1 is 1.27 bits per heavy atom. The van der Waals surface area contributed by atoms with Crippen LogP contribution in [0.15, 0.2) is 50.8 Å². The van der Waals surface area contributed by atoms with Gasteiger partial charge in [0.1, 0.15) is 11.6 Å². The Labute approximate surface area is 205 Å². The monoisotopic (exact) mass is 533 g/mol. The quantitative estimate of drug-likeness (QED) is 0.272. The molecule has 0 unspecified atom stereocenters. The van der Waals surface area contributed by atoms with Crippen molar-refractivity contribution in [3.63, 3.8) is 0 Å². The summed E-state index contributed by atoms with van der Waals surface area (Å²) < 4.78 is 12.9.